The minimum absolute atomic E-state index is 0.664. The van der Waals surface area contributed by atoms with E-state index >= 15 is 0 Å². The Morgan fingerprint density at radius 3 is 2.67 bits per heavy atom. The van der Waals surface area contributed by atoms with Crippen molar-refractivity contribution in [3.8, 4) is 0 Å². The molecule has 0 saturated heterocycles. The zero-order valence-corrected chi connectivity index (χ0v) is 11.3. The molecule has 0 aliphatic rings. The van der Waals surface area contributed by atoms with Gasteiger partial charge in [-0.2, -0.15) is 0 Å². The molecule has 0 fully saturated rings. The Hall–Kier alpha value is -1.61. The van der Waals surface area contributed by atoms with E-state index in [1.165, 1.54) is 22.8 Å². The Balaban J connectivity index is 2.40. The van der Waals surface area contributed by atoms with E-state index in [0.29, 0.717) is 6.54 Å². The molecule has 0 bridgehead atoms. The van der Waals surface area contributed by atoms with E-state index < -0.39 is 5.97 Å². The number of hydrogen-bond donors (Lipinski definition) is 1. The summed E-state index contributed by atoms with van der Waals surface area (Å²) in [6, 6.07) is 6.52. The molecule has 0 aromatic heterocycles. The summed E-state index contributed by atoms with van der Waals surface area (Å²) in [5, 5.41) is 8.49. The second-order valence-electron chi connectivity index (χ2n) is 4.67. The van der Waals surface area contributed by atoms with Crippen molar-refractivity contribution in [2.24, 2.45) is 0 Å². The van der Waals surface area contributed by atoms with Crippen molar-refractivity contribution in [3.05, 3.63) is 47.0 Å². The first-order chi connectivity index (χ1) is 8.49. The van der Waals surface area contributed by atoms with Crippen LogP contribution in [0.2, 0.25) is 0 Å². The molecule has 0 unspecified atom stereocenters. The van der Waals surface area contributed by atoms with Crippen LogP contribution in [0.3, 0.4) is 0 Å². The van der Waals surface area contributed by atoms with Crippen molar-refractivity contribution in [2.75, 3.05) is 20.1 Å². The molecule has 0 radical (unpaired) electrons. The molecule has 1 aromatic carbocycles. The number of hydrogen-bond acceptors (Lipinski definition) is 2. The maximum atomic E-state index is 10.3. The number of carboxylic acids is 1. The quantitative estimate of drug-likeness (QED) is 0.785. The molecule has 0 aliphatic carbocycles. The van der Waals surface area contributed by atoms with Crippen LogP contribution >= 0.6 is 0 Å². The minimum atomic E-state index is -0.891. The molecule has 0 atom stereocenters. The van der Waals surface area contributed by atoms with E-state index in [1.54, 1.807) is 6.08 Å². The largest absolute Gasteiger partial charge is 0.478 e. The third kappa shape index (κ3) is 5.15. The fraction of sp³-hybridized carbons (Fsp3) is 0.400. The summed E-state index contributed by atoms with van der Waals surface area (Å²) >= 11 is 0. The van der Waals surface area contributed by atoms with Gasteiger partial charge in [-0.1, -0.05) is 24.3 Å². The monoisotopic (exact) mass is 247 g/mol. The van der Waals surface area contributed by atoms with Crippen LogP contribution in [-0.4, -0.2) is 36.1 Å². The van der Waals surface area contributed by atoms with E-state index in [0.717, 1.165) is 13.0 Å². The lowest BCUT2D eigenvalue weighted by Crippen LogP contribution is -2.21. The van der Waals surface area contributed by atoms with Gasteiger partial charge in [-0.3, -0.25) is 0 Å². The minimum Gasteiger partial charge on any atom is -0.478 e. The summed E-state index contributed by atoms with van der Waals surface area (Å²) in [7, 11) is 1.99. The SMILES string of the molecule is Cc1ccc(CCN(C)C/C=C/C(=O)O)cc1C. The van der Waals surface area contributed by atoms with Gasteiger partial charge in [0, 0.05) is 19.2 Å². The number of aryl methyl sites for hydroxylation is 2. The molecule has 0 saturated carbocycles. The number of carbonyl (C=O) groups is 1. The van der Waals surface area contributed by atoms with Gasteiger partial charge >= 0.3 is 5.97 Å². The smallest absolute Gasteiger partial charge is 0.328 e. The second kappa shape index (κ2) is 6.97. The lowest BCUT2D eigenvalue weighted by atomic mass is 10.0. The highest BCUT2D eigenvalue weighted by Gasteiger charge is 2.00. The van der Waals surface area contributed by atoms with Gasteiger partial charge in [-0.15, -0.1) is 0 Å². The molecular weight excluding hydrogens is 226 g/mol. The van der Waals surface area contributed by atoms with Crippen molar-refractivity contribution in [1.29, 1.82) is 0 Å². The van der Waals surface area contributed by atoms with Crippen LogP contribution in [0.4, 0.5) is 0 Å². The Morgan fingerprint density at radius 2 is 2.06 bits per heavy atom. The number of likely N-dealkylation sites (N-methyl/N-ethyl adjacent to an activating group) is 1. The summed E-state index contributed by atoms with van der Waals surface area (Å²) in [4.78, 5) is 12.4. The highest BCUT2D eigenvalue weighted by molar-refractivity contribution is 5.79. The van der Waals surface area contributed by atoms with E-state index in [9.17, 15) is 4.79 Å². The van der Waals surface area contributed by atoms with E-state index in [2.05, 4.69) is 36.9 Å². The number of aliphatic carboxylic acids is 1. The molecule has 98 valence electrons. The van der Waals surface area contributed by atoms with Gasteiger partial charge in [0.25, 0.3) is 0 Å². The van der Waals surface area contributed by atoms with Gasteiger partial charge in [-0.05, 0) is 44.0 Å². The first kappa shape index (κ1) is 14.5. The Labute approximate surface area is 109 Å². The van der Waals surface area contributed by atoms with Crippen molar-refractivity contribution < 1.29 is 9.90 Å². The molecule has 0 aliphatic heterocycles. The molecule has 1 N–H and O–H groups in total. The lowest BCUT2D eigenvalue weighted by molar-refractivity contribution is -0.131. The molecule has 0 amide bonds. The number of rotatable bonds is 6. The summed E-state index contributed by atoms with van der Waals surface area (Å²) in [6.45, 7) is 5.82. The van der Waals surface area contributed by atoms with Crippen LogP contribution in [0.5, 0.6) is 0 Å². The topological polar surface area (TPSA) is 40.5 Å². The number of carboxylic acid groups (broad SMARTS) is 1. The van der Waals surface area contributed by atoms with Crippen molar-refractivity contribution in [3.63, 3.8) is 0 Å². The predicted molar refractivity (Wildman–Crippen MR) is 73.9 cm³/mol. The average molecular weight is 247 g/mol. The molecule has 0 heterocycles. The summed E-state index contributed by atoms with van der Waals surface area (Å²) in [6.07, 6.45) is 3.84. The maximum Gasteiger partial charge on any atom is 0.328 e. The van der Waals surface area contributed by atoms with Crippen molar-refractivity contribution in [1.82, 2.24) is 4.90 Å². The van der Waals surface area contributed by atoms with E-state index in [-0.39, 0.29) is 0 Å². The molecule has 3 nitrogen and oxygen atoms in total. The standard InChI is InChI=1S/C15H21NO2/c1-12-6-7-14(11-13(12)2)8-10-16(3)9-4-5-15(17)18/h4-7,11H,8-10H2,1-3H3,(H,17,18)/b5-4+. The van der Waals surface area contributed by atoms with Gasteiger partial charge in [0.2, 0.25) is 0 Å². The number of nitrogens with zero attached hydrogens (tertiary/aromatic N) is 1. The van der Waals surface area contributed by atoms with E-state index in [1.807, 2.05) is 7.05 Å². The summed E-state index contributed by atoms with van der Waals surface area (Å²) in [5.41, 5.74) is 3.96. The van der Waals surface area contributed by atoms with Crippen LogP contribution in [0.25, 0.3) is 0 Å². The van der Waals surface area contributed by atoms with Gasteiger partial charge in [-0.25, -0.2) is 4.79 Å². The Kier molecular flexibility index (Phi) is 5.59. The third-order valence-electron chi connectivity index (χ3n) is 3.03. The predicted octanol–water partition coefficient (Wildman–Crippen LogP) is 2.42. The fourth-order valence-corrected chi connectivity index (χ4v) is 1.70. The maximum absolute atomic E-state index is 10.3. The Bertz CT molecular complexity index is 438. The van der Waals surface area contributed by atoms with Gasteiger partial charge in [0.05, 0.1) is 0 Å². The molecule has 1 rings (SSSR count). The molecule has 1 aromatic rings. The van der Waals surface area contributed by atoms with Crippen LogP contribution in [0, 0.1) is 13.8 Å². The van der Waals surface area contributed by atoms with Crippen LogP contribution in [0.1, 0.15) is 16.7 Å². The second-order valence-corrected chi connectivity index (χ2v) is 4.67. The Morgan fingerprint density at radius 1 is 1.33 bits per heavy atom. The average Bonchev–Trinajstić information content (AvgIpc) is 2.30. The lowest BCUT2D eigenvalue weighted by Gasteiger charge is -2.14. The van der Waals surface area contributed by atoms with Crippen molar-refractivity contribution in [2.45, 2.75) is 20.3 Å². The molecular formula is C15H21NO2. The van der Waals surface area contributed by atoms with Gasteiger partial charge < -0.3 is 10.0 Å². The van der Waals surface area contributed by atoms with Crippen LogP contribution in [-0.2, 0) is 11.2 Å². The third-order valence-corrected chi connectivity index (χ3v) is 3.03. The van der Waals surface area contributed by atoms with Crippen LogP contribution in [0.15, 0.2) is 30.4 Å². The zero-order chi connectivity index (χ0) is 13.5. The highest BCUT2D eigenvalue weighted by atomic mass is 16.4. The first-order valence-corrected chi connectivity index (χ1v) is 6.13. The van der Waals surface area contributed by atoms with Gasteiger partial charge in [0.1, 0.15) is 0 Å². The number of benzene rings is 1. The molecule has 3 heteroatoms. The van der Waals surface area contributed by atoms with E-state index in [4.69, 9.17) is 5.11 Å². The summed E-state index contributed by atoms with van der Waals surface area (Å²) < 4.78 is 0. The van der Waals surface area contributed by atoms with Gasteiger partial charge in [0.15, 0.2) is 0 Å². The fourth-order valence-electron chi connectivity index (χ4n) is 1.70. The zero-order valence-electron chi connectivity index (χ0n) is 11.3. The molecule has 0 spiro atoms. The molecule has 18 heavy (non-hydrogen) atoms. The summed E-state index contributed by atoms with van der Waals surface area (Å²) in [5.74, 6) is -0.891. The normalized spacial score (nSPS) is 11.3. The van der Waals surface area contributed by atoms with Crippen molar-refractivity contribution >= 4 is 5.97 Å². The first-order valence-electron chi connectivity index (χ1n) is 6.13. The van der Waals surface area contributed by atoms with Crippen LogP contribution < -0.4 is 0 Å². The highest BCUT2D eigenvalue weighted by Crippen LogP contribution is 2.10.